The number of phenols is 1. The Labute approximate surface area is 404 Å². The van der Waals surface area contributed by atoms with Crippen molar-refractivity contribution in [2.24, 2.45) is 0 Å². The van der Waals surface area contributed by atoms with Crippen LogP contribution in [-0.2, 0) is 33.9 Å². The maximum atomic E-state index is 11.2. The fourth-order valence-electron chi connectivity index (χ4n) is 9.84. The summed E-state index contributed by atoms with van der Waals surface area (Å²) in [6.07, 6.45) is 3.86. The number of hydrogen-bond acceptors (Lipinski definition) is 3. The van der Waals surface area contributed by atoms with Crippen LogP contribution in [0.4, 0.5) is 0 Å². The third-order valence-corrected chi connectivity index (χ3v) is 13.0. The number of nitrogens with zero attached hydrogens (tertiary/aromatic N) is 3. The number of rotatable bonds is 8. The quantitative estimate of drug-likeness (QED) is 0.154. The molecule has 67 heavy (non-hydrogen) atoms. The molecule has 12 rings (SSSR count). The van der Waals surface area contributed by atoms with Gasteiger partial charge in [-0.15, -0.1) is 29.1 Å². The van der Waals surface area contributed by atoms with Crippen LogP contribution in [0, 0.1) is 6.07 Å². The number of fused-ring (bicyclic) bond motifs is 4. The van der Waals surface area contributed by atoms with Crippen LogP contribution in [0.5, 0.6) is 5.75 Å². The first-order valence-corrected chi connectivity index (χ1v) is 22.5. The van der Waals surface area contributed by atoms with Crippen molar-refractivity contribution in [2.75, 3.05) is 0 Å². The number of imidazole rings is 1. The van der Waals surface area contributed by atoms with Gasteiger partial charge >= 0.3 is 0 Å². The van der Waals surface area contributed by atoms with Crippen LogP contribution < -0.4 is 0 Å². The van der Waals surface area contributed by atoms with Crippen LogP contribution in [0.2, 0.25) is 0 Å². The van der Waals surface area contributed by atoms with E-state index in [1.54, 1.807) is 6.07 Å². The third-order valence-electron chi connectivity index (χ3n) is 13.0. The molecule has 0 bridgehead atoms. The Balaban J connectivity index is 0.00000494. The van der Waals surface area contributed by atoms with E-state index in [9.17, 15) is 5.11 Å². The van der Waals surface area contributed by atoms with Gasteiger partial charge in [-0.2, -0.15) is 0 Å². The molecule has 5 heteroatoms. The smallest absolute Gasteiger partial charge is 0.125 e. The summed E-state index contributed by atoms with van der Waals surface area (Å²) in [5.74, 6) is 1.02. The molecule has 0 aliphatic heterocycles. The maximum absolute atomic E-state index is 11.2. The average molecular weight is 1040 g/mol. The van der Waals surface area contributed by atoms with Crippen LogP contribution in [0.25, 0.3) is 106 Å². The molecule has 0 amide bonds. The second-order valence-corrected chi connectivity index (χ2v) is 16.9. The van der Waals surface area contributed by atoms with Crippen molar-refractivity contribution in [2.45, 2.75) is 12.8 Å². The van der Waals surface area contributed by atoms with Crippen molar-refractivity contribution in [3.8, 4) is 101 Å². The standard InChI is InChI=1S/C62H42N3O.Pt/c66-57-32-14-26-46-34-35-47-37-38-55(63-60(47)59(46)57)56-40-65(61-51(43-21-9-3-10-22-43)29-16-30-52(61)44-23-11-4-12-24-44)62(64-56)53-31-13-25-45-33-36-48(39-54(45)53)58-49(41-17-5-1-6-18-41)27-15-28-50(58)42-19-7-2-8-20-42;/h1-33,36-38,40,66H,34-35H2;/q-1;. The molecule has 322 valence electrons. The molecule has 11 aromatic rings. The molecule has 9 aromatic carbocycles. The van der Waals surface area contributed by atoms with Crippen molar-refractivity contribution in [1.29, 1.82) is 0 Å². The first-order chi connectivity index (χ1) is 32.7. The van der Waals surface area contributed by atoms with Crippen LogP contribution in [-0.4, -0.2) is 19.6 Å². The Bertz CT molecular complexity index is 3470. The largest absolute Gasteiger partial charge is 0.507 e. The van der Waals surface area contributed by atoms with E-state index in [1.165, 1.54) is 0 Å². The van der Waals surface area contributed by atoms with Gasteiger partial charge in [0, 0.05) is 44.0 Å². The van der Waals surface area contributed by atoms with Gasteiger partial charge < -0.3 is 9.67 Å². The molecule has 4 nitrogen and oxygen atoms in total. The van der Waals surface area contributed by atoms with E-state index in [2.05, 4.69) is 223 Å². The van der Waals surface area contributed by atoms with Crippen molar-refractivity contribution < 1.29 is 26.2 Å². The summed E-state index contributed by atoms with van der Waals surface area (Å²) < 4.78 is 2.27. The minimum atomic E-state index is 0. The van der Waals surface area contributed by atoms with Gasteiger partial charge in [0.25, 0.3) is 0 Å². The SMILES string of the molecule is Oc1cccc2c1-c1nc(-c3cn(-c4c(-c5ccccc5)cccc4-c4ccccc4)c(-c4cccc5ccc(-c6c(-c7ccccc7)cccc6-c6ccccc6)[c-]c45)n3)ccc1CC2.[Pt]. The van der Waals surface area contributed by atoms with Crippen molar-refractivity contribution in [3.63, 3.8) is 0 Å². The Morgan fingerprint density at radius 1 is 0.418 bits per heavy atom. The van der Waals surface area contributed by atoms with Gasteiger partial charge in [-0.1, -0.05) is 205 Å². The van der Waals surface area contributed by atoms with Crippen LogP contribution >= 0.6 is 0 Å². The number of aryl methyl sites for hydroxylation is 2. The van der Waals surface area contributed by atoms with Crippen molar-refractivity contribution in [1.82, 2.24) is 14.5 Å². The molecule has 0 unspecified atom stereocenters. The van der Waals surface area contributed by atoms with E-state index < -0.39 is 0 Å². The molecule has 0 radical (unpaired) electrons. The number of para-hydroxylation sites is 1. The van der Waals surface area contributed by atoms with Gasteiger partial charge in [-0.25, -0.2) is 9.97 Å². The summed E-state index contributed by atoms with van der Waals surface area (Å²) >= 11 is 0. The van der Waals surface area contributed by atoms with Gasteiger partial charge in [0.2, 0.25) is 0 Å². The molecule has 0 saturated heterocycles. The molecule has 0 spiro atoms. The minimum Gasteiger partial charge on any atom is -0.507 e. The van der Waals surface area contributed by atoms with E-state index >= 15 is 0 Å². The topological polar surface area (TPSA) is 50.9 Å². The number of aromatic hydroxyl groups is 1. The van der Waals surface area contributed by atoms with E-state index in [0.717, 1.165) is 130 Å². The van der Waals surface area contributed by atoms with E-state index in [0.29, 0.717) is 0 Å². The van der Waals surface area contributed by atoms with Crippen LogP contribution in [0.15, 0.2) is 225 Å². The van der Waals surface area contributed by atoms with Crippen LogP contribution in [0.3, 0.4) is 0 Å². The summed E-state index contributed by atoms with van der Waals surface area (Å²) in [6.45, 7) is 0. The molecular weight excluding hydrogens is 998 g/mol. The Kier molecular flexibility index (Phi) is 11.1. The number of benzene rings is 9. The van der Waals surface area contributed by atoms with Crippen molar-refractivity contribution in [3.05, 3.63) is 242 Å². The number of phenolic OH excluding ortho intramolecular Hbond substituents is 1. The number of pyridine rings is 1. The van der Waals surface area contributed by atoms with Gasteiger partial charge in [0.1, 0.15) is 17.3 Å². The third kappa shape index (κ3) is 7.60. The minimum absolute atomic E-state index is 0. The molecule has 2 aromatic heterocycles. The molecule has 2 heterocycles. The fraction of sp³-hybridized carbons (Fsp3) is 0.0323. The van der Waals surface area contributed by atoms with E-state index in [-0.39, 0.29) is 26.8 Å². The molecule has 0 fully saturated rings. The van der Waals surface area contributed by atoms with Gasteiger partial charge in [-0.05, 0) is 75.0 Å². The summed E-state index contributed by atoms with van der Waals surface area (Å²) in [7, 11) is 0. The molecule has 0 atom stereocenters. The maximum Gasteiger partial charge on any atom is 0.125 e. The zero-order chi connectivity index (χ0) is 44.0. The first kappa shape index (κ1) is 41.8. The Hall–Kier alpha value is -7.91. The summed E-state index contributed by atoms with van der Waals surface area (Å²) in [5, 5.41) is 13.2. The number of aromatic nitrogens is 3. The van der Waals surface area contributed by atoms with Gasteiger partial charge in [-0.3, -0.25) is 0 Å². The molecule has 1 aliphatic rings. The van der Waals surface area contributed by atoms with Crippen LogP contribution in [0.1, 0.15) is 11.1 Å². The molecular formula is C62H42N3OPt-. The summed E-state index contributed by atoms with van der Waals surface area (Å²) in [4.78, 5) is 11.0. The molecule has 0 saturated carbocycles. The zero-order valence-electron chi connectivity index (χ0n) is 36.4. The summed E-state index contributed by atoms with van der Waals surface area (Å²) in [5.41, 5.74) is 18.3. The Morgan fingerprint density at radius 3 is 1.55 bits per heavy atom. The number of hydrogen-bond donors (Lipinski definition) is 1. The van der Waals surface area contributed by atoms with Gasteiger partial charge in [0.15, 0.2) is 0 Å². The second kappa shape index (κ2) is 17.8. The predicted molar refractivity (Wildman–Crippen MR) is 270 cm³/mol. The van der Waals surface area contributed by atoms with E-state index in [1.807, 2.05) is 6.07 Å². The predicted octanol–water partition coefficient (Wildman–Crippen LogP) is 15.4. The second-order valence-electron chi connectivity index (χ2n) is 16.9. The van der Waals surface area contributed by atoms with Crippen molar-refractivity contribution >= 4 is 10.8 Å². The van der Waals surface area contributed by atoms with E-state index in [4.69, 9.17) is 9.97 Å². The molecule has 1 aliphatic carbocycles. The molecule has 1 N–H and O–H groups in total. The summed E-state index contributed by atoms with van der Waals surface area (Å²) in [6, 6.07) is 80.5. The fourth-order valence-corrected chi connectivity index (χ4v) is 9.84. The average Bonchev–Trinajstić information content (AvgIpc) is 3.83. The Morgan fingerprint density at radius 2 is 0.940 bits per heavy atom. The zero-order valence-corrected chi connectivity index (χ0v) is 38.7. The normalized spacial score (nSPS) is 11.7. The van der Waals surface area contributed by atoms with Gasteiger partial charge in [0.05, 0.1) is 17.1 Å². The monoisotopic (exact) mass is 1040 g/mol. The first-order valence-electron chi connectivity index (χ1n) is 22.5.